The van der Waals surface area contributed by atoms with Crippen molar-refractivity contribution in [2.75, 3.05) is 19.6 Å². The van der Waals surface area contributed by atoms with Gasteiger partial charge in [0.2, 0.25) is 11.8 Å². The smallest absolute Gasteiger partial charge is 0.223 e. The summed E-state index contributed by atoms with van der Waals surface area (Å²) in [5.74, 6) is 1.14. The van der Waals surface area contributed by atoms with E-state index in [1.54, 1.807) is 0 Å². The molecule has 0 atom stereocenters. The predicted molar refractivity (Wildman–Crippen MR) is 81.3 cm³/mol. The van der Waals surface area contributed by atoms with E-state index in [1.807, 2.05) is 4.90 Å². The number of carbonyl (C=O) groups is 2. The van der Waals surface area contributed by atoms with E-state index in [0.717, 1.165) is 51.7 Å². The highest BCUT2D eigenvalue weighted by atomic mass is 16.2. The second kappa shape index (κ2) is 8.98. The summed E-state index contributed by atoms with van der Waals surface area (Å²) in [7, 11) is 0. The van der Waals surface area contributed by atoms with Crippen molar-refractivity contribution in [3.05, 3.63) is 0 Å². The molecule has 1 aliphatic rings. The molecule has 0 spiro atoms. The molecule has 0 aliphatic carbocycles. The van der Waals surface area contributed by atoms with Crippen LogP contribution in [0.15, 0.2) is 0 Å². The molecule has 4 heteroatoms. The van der Waals surface area contributed by atoms with Crippen LogP contribution in [0.1, 0.15) is 59.3 Å². The van der Waals surface area contributed by atoms with Gasteiger partial charge in [0.15, 0.2) is 0 Å². The highest BCUT2D eigenvalue weighted by molar-refractivity contribution is 5.80. The van der Waals surface area contributed by atoms with E-state index < -0.39 is 0 Å². The van der Waals surface area contributed by atoms with Gasteiger partial charge in [-0.1, -0.05) is 27.2 Å². The maximum atomic E-state index is 12.0. The van der Waals surface area contributed by atoms with E-state index in [2.05, 4.69) is 26.1 Å². The van der Waals surface area contributed by atoms with Gasteiger partial charge < -0.3 is 10.2 Å². The molecular formula is C16H30N2O2. The lowest BCUT2D eigenvalue weighted by atomic mass is 9.95. The van der Waals surface area contributed by atoms with E-state index in [0.29, 0.717) is 12.3 Å². The Morgan fingerprint density at radius 3 is 2.45 bits per heavy atom. The Kier molecular flexibility index (Phi) is 7.63. The van der Waals surface area contributed by atoms with Crippen molar-refractivity contribution in [1.82, 2.24) is 10.2 Å². The molecular weight excluding hydrogens is 252 g/mol. The summed E-state index contributed by atoms with van der Waals surface area (Å²) >= 11 is 0. The fourth-order valence-corrected chi connectivity index (χ4v) is 2.51. The first kappa shape index (κ1) is 17.0. The van der Waals surface area contributed by atoms with Crippen LogP contribution in [0.3, 0.4) is 0 Å². The van der Waals surface area contributed by atoms with E-state index >= 15 is 0 Å². The van der Waals surface area contributed by atoms with Crippen LogP contribution in [0.2, 0.25) is 0 Å². The number of unbranched alkanes of at least 4 members (excludes halogenated alkanes) is 1. The van der Waals surface area contributed by atoms with Gasteiger partial charge in [0.1, 0.15) is 0 Å². The van der Waals surface area contributed by atoms with Crippen molar-refractivity contribution in [2.45, 2.75) is 59.3 Å². The second-order valence-corrected chi connectivity index (χ2v) is 6.23. The highest BCUT2D eigenvalue weighted by Crippen LogP contribution is 2.18. The van der Waals surface area contributed by atoms with Gasteiger partial charge in [0.05, 0.1) is 0 Å². The minimum atomic E-state index is 0.0948. The van der Waals surface area contributed by atoms with Gasteiger partial charge in [0.25, 0.3) is 0 Å². The lowest BCUT2D eigenvalue weighted by Crippen LogP contribution is -2.43. The Labute approximate surface area is 123 Å². The molecule has 1 aliphatic heterocycles. The molecule has 1 rings (SSSR count). The minimum Gasteiger partial charge on any atom is -0.356 e. The number of nitrogens with zero attached hydrogens (tertiary/aromatic N) is 1. The molecule has 0 radical (unpaired) electrons. The summed E-state index contributed by atoms with van der Waals surface area (Å²) in [5, 5.41) is 3.02. The Morgan fingerprint density at radius 2 is 1.90 bits per heavy atom. The molecule has 0 aromatic heterocycles. The predicted octanol–water partition coefficient (Wildman–Crippen LogP) is 2.58. The fraction of sp³-hybridized carbons (Fsp3) is 0.875. The maximum absolute atomic E-state index is 12.0. The molecule has 116 valence electrons. The molecule has 1 heterocycles. The van der Waals surface area contributed by atoms with Crippen LogP contribution in [0.25, 0.3) is 0 Å². The Balaban J connectivity index is 2.24. The van der Waals surface area contributed by atoms with Crippen LogP contribution in [-0.2, 0) is 9.59 Å². The zero-order valence-electron chi connectivity index (χ0n) is 13.3. The molecule has 1 N–H and O–H groups in total. The van der Waals surface area contributed by atoms with Crippen molar-refractivity contribution in [3.63, 3.8) is 0 Å². The molecule has 0 aromatic carbocycles. The average molecular weight is 282 g/mol. The molecule has 0 aromatic rings. The van der Waals surface area contributed by atoms with Gasteiger partial charge in [-0.3, -0.25) is 9.59 Å². The monoisotopic (exact) mass is 282 g/mol. The summed E-state index contributed by atoms with van der Waals surface area (Å²) in [6, 6.07) is 0. The number of likely N-dealkylation sites (tertiary alicyclic amines) is 1. The van der Waals surface area contributed by atoms with Gasteiger partial charge >= 0.3 is 0 Å². The van der Waals surface area contributed by atoms with Crippen LogP contribution >= 0.6 is 0 Å². The maximum Gasteiger partial charge on any atom is 0.223 e. The van der Waals surface area contributed by atoms with Crippen LogP contribution in [0.5, 0.6) is 0 Å². The quantitative estimate of drug-likeness (QED) is 0.780. The summed E-state index contributed by atoms with van der Waals surface area (Å²) in [5.41, 5.74) is 0. The molecule has 2 amide bonds. The van der Waals surface area contributed by atoms with Crippen LogP contribution in [0.4, 0.5) is 0 Å². The molecule has 20 heavy (non-hydrogen) atoms. The third kappa shape index (κ3) is 5.93. The van der Waals surface area contributed by atoms with Crippen molar-refractivity contribution in [1.29, 1.82) is 0 Å². The number of amides is 2. The minimum absolute atomic E-state index is 0.0948. The Morgan fingerprint density at radius 1 is 1.25 bits per heavy atom. The summed E-state index contributed by atoms with van der Waals surface area (Å²) < 4.78 is 0. The fourth-order valence-electron chi connectivity index (χ4n) is 2.51. The molecule has 0 bridgehead atoms. The van der Waals surface area contributed by atoms with Crippen molar-refractivity contribution >= 4 is 11.8 Å². The average Bonchev–Trinajstić information content (AvgIpc) is 2.44. The lowest BCUT2D eigenvalue weighted by Gasteiger charge is -2.31. The topological polar surface area (TPSA) is 49.4 Å². The van der Waals surface area contributed by atoms with Crippen LogP contribution in [-0.4, -0.2) is 36.3 Å². The first-order valence-electron chi connectivity index (χ1n) is 8.10. The van der Waals surface area contributed by atoms with E-state index in [1.165, 1.54) is 0 Å². The first-order valence-corrected chi connectivity index (χ1v) is 8.10. The second-order valence-electron chi connectivity index (χ2n) is 6.23. The summed E-state index contributed by atoms with van der Waals surface area (Å²) in [6.45, 7) is 8.67. The van der Waals surface area contributed by atoms with Gasteiger partial charge in [-0.15, -0.1) is 0 Å². The van der Waals surface area contributed by atoms with E-state index in [-0.39, 0.29) is 17.7 Å². The van der Waals surface area contributed by atoms with Gasteiger partial charge in [-0.05, 0) is 31.6 Å². The van der Waals surface area contributed by atoms with Crippen LogP contribution < -0.4 is 5.32 Å². The Bertz CT molecular complexity index is 308. The third-order valence-corrected chi connectivity index (χ3v) is 3.98. The largest absolute Gasteiger partial charge is 0.356 e. The highest BCUT2D eigenvalue weighted by Gasteiger charge is 2.26. The zero-order chi connectivity index (χ0) is 15.0. The first-order chi connectivity index (χ1) is 9.54. The van der Waals surface area contributed by atoms with Gasteiger partial charge in [0, 0.05) is 32.0 Å². The SMILES string of the molecule is CCCCC(=O)N1CCC(C(=O)NCCC(C)C)CC1. The number of rotatable bonds is 7. The number of nitrogens with one attached hydrogen (secondary N) is 1. The molecule has 4 nitrogen and oxygen atoms in total. The zero-order valence-corrected chi connectivity index (χ0v) is 13.3. The molecule has 1 saturated heterocycles. The number of carbonyl (C=O) groups excluding carboxylic acids is 2. The van der Waals surface area contributed by atoms with Crippen LogP contribution in [0, 0.1) is 11.8 Å². The molecule has 0 saturated carbocycles. The van der Waals surface area contributed by atoms with E-state index in [4.69, 9.17) is 0 Å². The lowest BCUT2D eigenvalue weighted by molar-refractivity contribution is -0.135. The molecule has 0 unspecified atom stereocenters. The number of hydrogen-bond donors (Lipinski definition) is 1. The van der Waals surface area contributed by atoms with Gasteiger partial charge in [-0.2, -0.15) is 0 Å². The summed E-state index contributed by atoms with van der Waals surface area (Å²) in [4.78, 5) is 25.8. The summed E-state index contributed by atoms with van der Waals surface area (Å²) in [6.07, 6.45) is 5.33. The van der Waals surface area contributed by atoms with Crippen molar-refractivity contribution in [3.8, 4) is 0 Å². The number of piperidine rings is 1. The van der Waals surface area contributed by atoms with Crippen molar-refractivity contribution in [2.24, 2.45) is 11.8 Å². The van der Waals surface area contributed by atoms with Crippen molar-refractivity contribution < 1.29 is 9.59 Å². The van der Waals surface area contributed by atoms with Gasteiger partial charge in [-0.25, -0.2) is 0 Å². The third-order valence-electron chi connectivity index (χ3n) is 3.98. The normalized spacial score (nSPS) is 16.5. The van der Waals surface area contributed by atoms with E-state index in [9.17, 15) is 9.59 Å². The number of hydrogen-bond acceptors (Lipinski definition) is 2. The molecule has 1 fully saturated rings. The standard InChI is InChI=1S/C16H30N2O2/c1-4-5-6-15(19)18-11-8-14(9-12-18)16(20)17-10-7-13(2)3/h13-14H,4-12H2,1-3H3,(H,17,20). The Hall–Kier alpha value is -1.06.